The molecule has 1 aliphatic heterocycles. The van der Waals surface area contributed by atoms with E-state index in [1.165, 1.54) is 17.8 Å². The molecular weight excluding hydrogens is 460 g/mol. The van der Waals surface area contributed by atoms with Crippen molar-refractivity contribution in [1.82, 2.24) is 20.0 Å². The summed E-state index contributed by atoms with van der Waals surface area (Å²) in [6.07, 6.45) is 3.59. The lowest BCUT2D eigenvalue weighted by Crippen LogP contribution is -2.44. The number of fused-ring (bicyclic) bond motifs is 1. The molecule has 0 aliphatic carbocycles. The smallest absolute Gasteiger partial charge is 0.177 e. The number of likely N-dealkylation sites (N-methyl/N-ethyl adjacent to an activating group) is 1. The van der Waals surface area contributed by atoms with Gasteiger partial charge in [-0.1, -0.05) is 29.4 Å². The van der Waals surface area contributed by atoms with Crippen molar-refractivity contribution in [2.45, 2.75) is 6.92 Å². The van der Waals surface area contributed by atoms with E-state index in [2.05, 4.69) is 56.2 Å². The zero-order valence-electron chi connectivity index (χ0n) is 20.1. The second-order valence-electron chi connectivity index (χ2n) is 9.23. The number of hydrogen-bond acceptors (Lipinski definition) is 5. The van der Waals surface area contributed by atoms with Crippen molar-refractivity contribution in [2.75, 3.05) is 38.1 Å². The van der Waals surface area contributed by atoms with E-state index in [1.807, 2.05) is 12.3 Å². The summed E-state index contributed by atoms with van der Waals surface area (Å²) < 4.78 is 34.3. The van der Waals surface area contributed by atoms with Crippen LogP contribution in [0.2, 0.25) is 0 Å². The van der Waals surface area contributed by atoms with Crippen LogP contribution in [0.1, 0.15) is 5.69 Å². The molecule has 6 nitrogen and oxygen atoms in total. The molecule has 8 heteroatoms. The van der Waals surface area contributed by atoms with Gasteiger partial charge in [0, 0.05) is 66.3 Å². The minimum atomic E-state index is -0.927. The maximum absolute atomic E-state index is 14.7. The minimum absolute atomic E-state index is 0.113. The van der Waals surface area contributed by atoms with Gasteiger partial charge in [-0.2, -0.15) is 0 Å². The predicted molar refractivity (Wildman–Crippen MR) is 137 cm³/mol. The molecule has 36 heavy (non-hydrogen) atoms. The van der Waals surface area contributed by atoms with Gasteiger partial charge in [0.05, 0.1) is 11.3 Å². The van der Waals surface area contributed by atoms with Crippen LogP contribution in [0.3, 0.4) is 0 Å². The minimum Gasteiger partial charge on any atom is -0.369 e. The van der Waals surface area contributed by atoms with E-state index >= 15 is 0 Å². The van der Waals surface area contributed by atoms with Gasteiger partial charge < -0.3 is 19.3 Å². The predicted octanol–water partition coefficient (Wildman–Crippen LogP) is 5.89. The van der Waals surface area contributed by atoms with Gasteiger partial charge in [0.1, 0.15) is 5.65 Å². The molecule has 1 N–H and O–H groups in total. The molecule has 3 aromatic heterocycles. The topological polar surface area (TPSA) is 61.2 Å². The number of aryl methyl sites for hydroxylation is 1. The van der Waals surface area contributed by atoms with Crippen molar-refractivity contribution < 1.29 is 13.3 Å². The highest BCUT2D eigenvalue weighted by Crippen LogP contribution is 2.40. The molecule has 1 saturated heterocycles. The largest absolute Gasteiger partial charge is 0.369 e. The number of aromatic nitrogens is 3. The fourth-order valence-electron chi connectivity index (χ4n) is 4.85. The number of H-pyrrole nitrogens is 1. The van der Waals surface area contributed by atoms with Gasteiger partial charge in [-0.25, -0.2) is 13.8 Å². The molecule has 1 fully saturated rings. The van der Waals surface area contributed by atoms with E-state index in [-0.39, 0.29) is 5.56 Å². The summed E-state index contributed by atoms with van der Waals surface area (Å²) in [5.74, 6) is -1.47. The first-order valence-corrected chi connectivity index (χ1v) is 11.9. The Morgan fingerprint density at radius 2 is 1.72 bits per heavy atom. The van der Waals surface area contributed by atoms with Crippen molar-refractivity contribution in [3.05, 3.63) is 78.3 Å². The second kappa shape index (κ2) is 8.87. The van der Waals surface area contributed by atoms with Crippen molar-refractivity contribution in [3.8, 4) is 33.6 Å². The number of benzene rings is 2. The van der Waals surface area contributed by atoms with E-state index < -0.39 is 11.6 Å². The molecular formula is C28H25F2N5O. The molecule has 0 saturated carbocycles. The van der Waals surface area contributed by atoms with Crippen LogP contribution in [0.15, 0.2) is 65.4 Å². The number of nitrogens with one attached hydrogen (secondary N) is 1. The molecule has 182 valence electrons. The molecule has 6 rings (SSSR count). The summed E-state index contributed by atoms with van der Waals surface area (Å²) >= 11 is 0. The molecule has 2 aromatic carbocycles. The van der Waals surface area contributed by atoms with E-state index in [4.69, 9.17) is 4.52 Å². The van der Waals surface area contributed by atoms with Crippen LogP contribution in [0, 0.1) is 18.6 Å². The highest BCUT2D eigenvalue weighted by molar-refractivity contribution is 5.98. The molecule has 0 unspecified atom stereocenters. The van der Waals surface area contributed by atoms with Gasteiger partial charge in [0.25, 0.3) is 0 Å². The molecule has 5 aromatic rings. The third-order valence-electron chi connectivity index (χ3n) is 6.93. The first-order valence-electron chi connectivity index (χ1n) is 11.9. The third-order valence-corrected chi connectivity index (χ3v) is 6.93. The molecule has 0 amide bonds. The maximum Gasteiger partial charge on any atom is 0.177 e. The van der Waals surface area contributed by atoms with Crippen molar-refractivity contribution in [2.24, 2.45) is 0 Å². The Morgan fingerprint density at radius 1 is 0.944 bits per heavy atom. The number of piperazine rings is 1. The molecule has 4 heterocycles. The van der Waals surface area contributed by atoms with E-state index in [0.29, 0.717) is 28.2 Å². The summed E-state index contributed by atoms with van der Waals surface area (Å²) in [6.45, 7) is 5.86. The number of rotatable bonds is 4. The first-order chi connectivity index (χ1) is 17.5. The van der Waals surface area contributed by atoms with Crippen LogP contribution < -0.4 is 4.90 Å². The highest BCUT2D eigenvalue weighted by Gasteiger charge is 2.24. The highest BCUT2D eigenvalue weighted by atomic mass is 19.2. The summed E-state index contributed by atoms with van der Waals surface area (Å²) in [5.41, 5.74) is 5.57. The van der Waals surface area contributed by atoms with Crippen LogP contribution in [0.25, 0.3) is 44.6 Å². The van der Waals surface area contributed by atoms with Crippen LogP contribution in [0.5, 0.6) is 0 Å². The molecule has 0 radical (unpaired) electrons. The Morgan fingerprint density at radius 3 is 2.50 bits per heavy atom. The van der Waals surface area contributed by atoms with Gasteiger partial charge in [0.2, 0.25) is 0 Å². The number of aromatic amines is 1. The fourth-order valence-corrected chi connectivity index (χ4v) is 4.85. The maximum atomic E-state index is 14.7. The van der Waals surface area contributed by atoms with Crippen molar-refractivity contribution in [1.29, 1.82) is 0 Å². The van der Waals surface area contributed by atoms with E-state index in [0.717, 1.165) is 48.8 Å². The Hall–Kier alpha value is -4.04. The lowest BCUT2D eigenvalue weighted by molar-refractivity contribution is 0.313. The average Bonchev–Trinajstić information content (AvgIpc) is 3.49. The summed E-state index contributed by atoms with van der Waals surface area (Å²) in [6, 6.07) is 14.6. The van der Waals surface area contributed by atoms with Gasteiger partial charge >= 0.3 is 0 Å². The monoisotopic (exact) mass is 485 g/mol. The number of pyridine rings is 1. The molecule has 1 aliphatic rings. The van der Waals surface area contributed by atoms with E-state index in [1.54, 1.807) is 13.1 Å². The number of anilines is 1. The number of hydrogen-bond donors (Lipinski definition) is 1. The van der Waals surface area contributed by atoms with E-state index in [9.17, 15) is 8.78 Å². The van der Waals surface area contributed by atoms with Gasteiger partial charge in [-0.15, -0.1) is 0 Å². The number of halogens is 2. The normalized spacial score (nSPS) is 14.6. The zero-order chi connectivity index (χ0) is 24.8. The summed E-state index contributed by atoms with van der Waals surface area (Å²) in [5, 5.41) is 4.87. The first kappa shape index (κ1) is 22.4. The van der Waals surface area contributed by atoms with Gasteiger partial charge in [-0.3, -0.25) is 0 Å². The van der Waals surface area contributed by atoms with Crippen LogP contribution >= 0.6 is 0 Å². The van der Waals surface area contributed by atoms with Crippen molar-refractivity contribution in [3.63, 3.8) is 0 Å². The number of nitrogens with zero attached hydrogens (tertiary/aromatic N) is 4. The lowest BCUT2D eigenvalue weighted by Gasteiger charge is -2.34. The third kappa shape index (κ3) is 3.83. The summed E-state index contributed by atoms with van der Waals surface area (Å²) in [7, 11) is 2.15. The lowest BCUT2D eigenvalue weighted by atomic mass is 9.98. The second-order valence-corrected chi connectivity index (χ2v) is 9.23. The van der Waals surface area contributed by atoms with Crippen LogP contribution in [-0.4, -0.2) is 53.3 Å². The molecule has 0 spiro atoms. The SMILES string of the molecule is Cc1noc(-c2c[nH]c3ncc(-c4ccc(N5CCN(C)CC5)cc4)cc23)c1-c1cccc(F)c1F. The fraction of sp³-hybridized carbons (Fsp3) is 0.214. The Balaban J connectivity index is 1.38. The Kier molecular flexibility index (Phi) is 5.53. The molecule has 0 bridgehead atoms. The molecule has 0 atom stereocenters. The average molecular weight is 486 g/mol. The van der Waals surface area contributed by atoms with Crippen LogP contribution in [-0.2, 0) is 0 Å². The van der Waals surface area contributed by atoms with Gasteiger partial charge in [-0.05, 0) is 43.8 Å². The zero-order valence-corrected chi connectivity index (χ0v) is 20.1. The Labute approximate surface area is 207 Å². The quantitative estimate of drug-likeness (QED) is 0.344. The summed E-state index contributed by atoms with van der Waals surface area (Å²) in [4.78, 5) is 12.5. The van der Waals surface area contributed by atoms with Crippen molar-refractivity contribution >= 4 is 16.7 Å². The van der Waals surface area contributed by atoms with Crippen LogP contribution in [0.4, 0.5) is 14.5 Å². The standard InChI is InChI=1S/C28H25F2N5O/c1-17-25(21-4-3-5-24(29)26(21)30)27(36-33-17)23-16-32-28-22(23)14-19(15-31-28)18-6-8-20(9-7-18)35-12-10-34(2)11-13-35/h3-9,14-16H,10-13H2,1-2H3,(H,31,32). The Bertz CT molecular complexity index is 1550. The van der Waals surface area contributed by atoms with Gasteiger partial charge in [0.15, 0.2) is 17.4 Å².